The lowest BCUT2D eigenvalue weighted by Gasteiger charge is -2.48. The van der Waals surface area contributed by atoms with Crippen LogP contribution in [0.1, 0.15) is 29.5 Å². The van der Waals surface area contributed by atoms with Crippen molar-refractivity contribution in [1.29, 1.82) is 0 Å². The van der Waals surface area contributed by atoms with Gasteiger partial charge in [0, 0.05) is 20.7 Å². The Morgan fingerprint density at radius 1 is 0.806 bits per heavy atom. The topological polar surface area (TPSA) is 23.5 Å². The Kier molecular flexibility index (Phi) is 6.47. The van der Waals surface area contributed by atoms with E-state index >= 15 is 0 Å². The van der Waals surface area contributed by atoms with Gasteiger partial charge in [-0.15, -0.1) is 0 Å². The molecule has 2 nitrogen and oxygen atoms in total. The first-order valence-electron chi connectivity index (χ1n) is 11.5. The fourth-order valence-corrected chi connectivity index (χ4v) is 6.93. The van der Waals surface area contributed by atoms with Crippen LogP contribution < -0.4 is 0 Å². The average Bonchev–Trinajstić information content (AvgIpc) is 3.26. The van der Waals surface area contributed by atoms with Gasteiger partial charge < -0.3 is 5.11 Å². The second-order valence-corrected chi connectivity index (χ2v) is 15.6. The van der Waals surface area contributed by atoms with E-state index in [1.54, 1.807) is 0 Å². The smallest absolute Gasteiger partial charge is 0.0976 e. The summed E-state index contributed by atoms with van der Waals surface area (Å²) in [7, 11) is -1.39. The maximum atomic E-state index is 11.5. The summed E-state index contributed by atoms with van der Waals surface area (Å²) in [6, 6.07) is 33.7. The molecule has 4 rings (SSSR count). The fraction of sp³-hybridized carbons (Fsp3) is 0.357. The largest absolute Gasteiger partial charge is 0.392 e. The molecule has 0 radical (unpaired) electrons. The summed E-state index contributed by atoms with van der Waals surface area (Å²) in [5.74, 6) is 0. The van der Waals surface area contributed by atoms with Crippen molar-refractivity contribution < 1.29 is 5.11 Å². The summed E-state index contributed by atoms with van der Waals surface area (Å²) in [6.45, 7) is 8.04. The minimum atomic E-state index is -1.39. The molecule has 1 heterocycles. The third kappa shape index (κ3) is 4.41. The van der Waals surface area contributed by atoms with Crippen molar-refractivity contribution >= 4 is 8.07 Å². The van der Waals surface area contributed by atoms with Crippen LogP contribution in [-0.4, -0.2) is 36.8 Å². The minimum Gasteiger partial charge on any atom is -0.392 e. The van der Waals surface area contributed by atoms with Crippen LogP contribution in [0.4, 0.5) is 0 Å². The SMILES string of the molecule is C[Si](C)(C)C[C@@H](O)C1CCCN1C(c1ccccc1)(c1ccccc1)c1ccccc1. The van der Waals surface area contributed by atoms with Gasteiger partial charge in [-0.3, -0.25) is 4.90 Å². The standard InChI is InChI=1S/C28H35NOSi/c1-31(2,3)22-27(30)26-20-13-21-29(26)28(23-14-7-4-8-15-23,24-16-9-5-10-17-24)25-18-11-6-12-19-25/h4-12,14-19,26-27,30H,13,20-22H2,1-3H3/t26?,27-/m1/s1. The average molecular weight is 430 g/mol. The molecule has 3 heteroatoms. The van der Waals surface area contributed by atoms with E-state index in [9.17, 15) is 5.11 Å². The van der Waals surface area contributed by atoms with Crippen LogP contribution in [-0.2, 0) is 5.54 Å². The molecule has 0 spiro atoms. The van der Waals surface area contributed by atoms with Crippen LogP contribution in [0.3, 0.4) is 0 Å². The lowest BCUT2D eigenvalue weighted by Crippen LogP contribution is -2.54. The number of likely N-dealkylation sites (tertiary alicyclic amines) is 1. The molecule has 0 amide bonds. The Labute approximate surface area is 188 Å². The van der Waals surface area contributed by atoms with E-state index in [-0.39, 0.29) is 12.1 Å². The molecule has 0 bridgehead atoms. The van der Waals surface area contributed by atoms with E-state index in [0.29, 0.717) is 0 Å². The van der Waals surface area contributed by atoms with Gasteiger partial charge in [0.15, 0.2) is 0 Å². The predicted molar refractivity (Wildman–Crippen MR) is 133 cm³/mol. The third-order valence-corrected chi connectivity index (χ3v) is 8.21. The molecular weight excluding hydrogens is 394 g/mol. The summed E-state index contributed by atoms with van der Waals surface area (Å²) in [4.78, 5) is 2.61. The second-order valence-electron chi connectivity index (χ2n) is 10.0. The van der Waals surface area contributed by atoms with Gasteiger partial charge in [-0.1, -0.05) is 111 Å². The number of hydrogen-bond acceptors (Lipinski definition) is 2. The van der Waals surface area contributed by atoms with Gasteiger partial charge in [-0.2, -0.15) is 0 Å². The number of hydrogen-bond donors (Lipinski definition) is 1. The van der Waals surface area contributed by atoms with Crippen molar-refractivity contribution in [2.45, 2.75) is 56.2 Å². The molecule has 1 aliphatic heterocycles. The van der Waals surface area contributed by atoms with E-state index in [1.165, 1.54) is 16.7 Å². The molecule has 31 heavy (non-hydrogen) atoms. The van der Waals surface area contributed by atoms with Gasteiger partial charge in [0.1, 0.15) is 0 Å². The molecule has 1 fully saturated rings. The van der Waals surface area contributed by atoms with Crippen molar-refractivity contribution in [3.8, 4) is 0 Å². The molecule has 1 aliphatic rings. The Bertz CT molecular complexity index is 856. The lowest BCUT2D eigenvalue weighted by atomic mass is 9.75. The fourth-order valence-electron chi connectivity index (χ4n) is 5.41. The molecule has 0 saturated carbocycles. The van der Waals surface area contributed by atoms with Crippen LogP contribution >= 0.6 is 0 Å². The van der Waals surface area contributed by atoms with E-state index in [0.717, 1.165) is 25.4 Å². The zero-order valence-electron chi connectivity index (χ0n) is 19.0. The molecule has 2 atom stereocenters. The molecule has 162 valence electrons. The maximum absolute atomic E-state index is 11.5. The first-order valence-corrected chi connectivity index (χ1v) is 15.2. The highest BCUT2D eigenvalue weighted by atomic mass is 28.3. The van der Waals surface area contributed by atoms with Gasteiger partial charge in [0.25, 0.3) is 0 Å². The highest BCUT2D eigenvalue weighted by molar-refractivity contribution is 6.76. The molecule has 1 unspecified atom stereocenters. The quantitative estimate of drug-likeness (QED) is 0.360. The van der Waals surface area contributed by atoms with Crippen molar-refractivity contribution in [1.82, 2.24) is 4.90 Å². The molecule has 3 aromatic rings. The van der Waals surface area contributed by atoms with Crippen LogP contribution in [0.25, 0.3) is 0 Å². The Morgan fingerprint density at radius 3 is 1.61 bits per heavy atom. The Balaban J connectivity index is 1.94. The highest BCUT2D eigenvalue weighted by Crippen LogP contribution is 2.46. The van der Waals surface area contributed by atoms with Gasteiger partial charge >= 0.3 is 0 Å². The molecule has 0 aromatic heterocycles. The van der Waals surface area contributed by atoms with E-state index in [2.05, 4.69) is 116 Å². The van der Waals surface area contributed by atoms with Crippen LogP contribution in [0.2, 0.25) is 25.7 Å². The Morgan fingerprint density at radius 2 is 1.23 bits per heavy atom. The zero-order valence-corrected chi connectivity index (χ0v) is 20.0. The van der Waals surface area contributed by atoms with Gasteiger partial charge in [0.2, 0.25) is 0 Å². The van der Waals surface area contributed by atoms with E-state index in [4.69, 9.17) is 0 Å². The van der Waals surface area contributed by atoms with Crippen LogP contribution in [0, 0.1) is 0 Å². The predicted octanol–water partition coefficient (Wildman–Crippen LogP) is 6.14. The summed E-state index contributed by atoms with van der Waals surface area (Å²) in [5.41, 5.74) is 3.37. The number of benzene rings is 3. The van der Waals surface area contributed by atoms with Gasteiger partial charge in [0.05, 0.1) is 11.6 Å². The normalized spacial score (nSPS) is 18.8. The van der Waals surface area contributed by atoms with Crippen molar-refractivity contribution in [3.63, 3.8) is 0 Å². The van der Waals surface area contributed by atoms with E-state index < -0.39 is 13.6 Å². The summed E-state index contributed by atoms with van der Waals surface area (Å²) >= 11 is 0. The van der Waals surface area contributed by atoms with Crippen LogP contribution in [0.15, 0.2) is 91.0 Å². The third-order valence-electron chi connectivity index (χ3n) is 6.57. The van der Waals surface area contributed by atoms with E-state index in [1.807, 2.05) is 0 Å². The molecule has 0 aliphatic carbocycles. The van der Waals surface area contributed by atoms with Gasteiger partial charge in [-0.25, -0.2) is 0 Å². The summed E-state index contributed by atoms with van der Waals surface area (Å²) in [6.07, 6.45) is 1.85. The minimum absolute atomic E-state index is 0.146. The molecular formula is C28H35NOSi. The molecule has 1 saturated heterocycles. The van der Waals surface area contributed by atoms with Crippen molar-refractivity contribution in [2.75, 3.05) is 6.54 Å². The number of aliphatic hydroxyl groups is 1. The second kappa shape index (κ2) is 9.11. The number of nitrogens with zero attached hydrogens (tertiary/aromatic N) is 1. The molecule has 1 N–H and O–H groups in total. The number of rotatable bonds is 7. The maximum Gasteiger partial charge on any atom is 0.0976 e. The van der Waals surface area contributed by atoms with Crippen molar-refractivity contribution in [3.05, 3.63) is 108 Å². The van der Waals surface area contributed by atoms with Crippen LogP contribution in [0.5, 0.6) is 0 Å². The van der Waals surface area contributed by atoms with Crippen molar-refractivity contribution in [2.24, 2.45) is 0 Å². The lowest BCUT2D eigenvalue weighted by molar-refractivity contribution is 0.0429. The number of aliphatic hydroxyl groups excluding tert-OH is 1. The zero-order chi connectivity index (χ0) is 21.9. The first kappa shape index (κ1) is 22.0. The monoisotopic (exact) mass is 429 g/mol. The van der Waals surface area contributed by atoms with Gasteiger partial charge in [-0.05, 0) is 35.6 Å². The highest BCUT2D eigenvalue weighted by Gasteiger charge is 2.48. The molecule has 3 aromatic carbocycles. The Hall–Kier alpha value is -2.20. The summed E-state index contributed by atoms with van der Waals surface area (Å²) in [5, 5.41) is 11.5. The first-order chi connectivity index (χ1) is 14.9. The summed E-state index contributed by atoms with van der Waals surface area (Å²) < 4.78 is 0.